The van der Waals surface area contributed by atoms with E-state index in [1.54, 1.807) is 0 Å². The fourth-order valence-corrected chi connectivity index (χ4v) is 7.30. The van der Waals surface area contributed by atoms with Crippen molar-refractivity contribution >= 4 is 21.5 Å². The molecule has 270 valence electrons. The Hall–Kier alpha value is -2.22. The second kappa shape index (κ2) is 27.6. The van der Waals surface area contributed by atoms with Crippen LogP contribution in [0.3, 0.4) is 0 Å². The van der Waals surface area contributed by atoms with Gasteiger partial charge in [0.05, 0.1) is 13.2 Å². The Labute approximate surface area is 297 Å². The van der Waals surface area contributed by atoms with Gasteiger partial charge in [0.15, 0.2) is 0 Å². The van der Waals surface area contributed by atoms with Gasteiger partial charge in [-0.1, -0.05) is 229 Å². The van der Waals surface area contributed by atoms with Gasteiger partial charge in [-0.2, -0.15) is 0 Å². The van der Waals surface area contributed by atoms with Crippen LogP contribution in [-0.2, 0) is 0 Å². The number of hydrogen-bond acceptors (Lipinski definition) is 2. The van der Waals surface area contributed by atoms with Gasteiger partial charge >= 0.3 is 0 Å². The predicted octanol–water partition coefficient (Wildman–Crippen LogP) is 15.7. The van der Waals surface area contributed by atoms with Crippen molar-refractivity contribution in [1.29, 1.82) is 0 Å². The van der Waals surface area contributed by atoms with E-state index in [1.807, 2.05) is 0 Å². The first kappa shape index (κ1) is 40.2. The van der Waals surface area contributed by atoms with Crippen LogP contribution in [0.1, 0.15) is 194 Å². The first-order valence-electron chi connectivity index (χ1n) is 21.1. The van der Waals surface area contributed by atoms with E-state index >= 15 is 0 Å². The Bertz CT molecular complexity index is 1030. The Morgan fingerprint density at radius 3 is 0.729 bits per heavy atom. The van der Waals surface area contributed by atoms with Gasteiger partial charge in [-0.3, -0.25) is 0 Å². The minimum atomic E-state index is 0.783. The smallest absolute Gasteiger partial charge is 0.135 e. The third kappa shape index (κ3) is 16.5. The van der Waals surface area contributed by atoms with Gasteiger partial charge in [0, 0.05) is 21.5 Å². The highest BCUT2D eigenvalue weighted by Crippen LogP contribution is 2.42. The van der Waals surface area contributed by atoms with Crippen molar-refractivity contribution in [3.8, 4) is 11.5 Å². The number of hydrogen-bond donors (Lipinski definition) is 0. The molecule has 0 heterocycles. The Morgan fingerprint density at radius 1 is 0.292 bits per heavy atom. The monoisotopic (exact) mass is 659 g/mol. The summed E-state index contributed by atoms with van der Waals surface area (Å²) < 4.78 is 13.1. The summed E-state index contributed by atoms with van der Waals surface area (Å²) in [5.74, 6) is 2.06. The second-order valence-corrected chi connectivity index (χ2v) is 14.6. The van der Waals surface area contributed by atoms with Crippen LogP contribution in [0, 0.1) is 0 Å². The van der Waals surface area contributed by atoms with Gasteiger partial charge in [-0.15, -0.1) is 0 Å². The first-order valence-corrected chi connectivity index (χ1v) is 21.1. The van der Waals surface area contributed by atoms with Gasteiger partial charge in [0.2, 0.25) is 0 Å². The van der Waals surface area contributed by atoms with Crippen molar-refractivity contribution < 1.29 is 9.47 Å². The van der Waals surface area contributed by atoms with Crippen LogP contribution in [0.5, 0.6) is 11.5 Å². The Kier molecular flexibility index (Phi) is 23.1. The summed E-state index contributed by atoms with van der Waals surface area (Å²) in [4.78, 5) is 0. The number of fused-ring (bicyclic) bond motifs is 2. The summed E-state index contributed by atoms with van der Waals surface area (Å²) in [6.07, 6.45) is 38.6. The van der Waals surface area contributed by atoms with Gasteiger partial charge in [-0.25, -0.2) is 0 Å². The molecule has 0 spiro atoms. The second-order valence-electron chi connectivity index (χ2n) is 14.6. The molecule has 3 rings (SSSR count). The molecule has 48 heavy (non-hydrogen) atoms. The van der Waals surface area contributed by atoms with Gasteiger partial charge < -0.3 is 9.47 Å². The molecule has 0 aliphatic carbocycles. The molecule has 2 heteroatoms. The van der Waals surface area contributed by atoms with E-state index in [4.69, 9.17) is 9.47 Å². The van der Waals surface area contributed by atoms with E-state index in [9.17, 15) is 0 Å². The lowest BCUT2D eigenvalue weighted by molar-refractivity contribution is 0.306. The fourth-order valence-electron chi connectivity index (χ4n) is 7.30. The lowest BCUT2D eigenvalue weighted by Gasteiger charge is -2.18. The fraction of sp³-hybridized carbons (Fsp3) is 0.696. The molecule has 0 saturated carbocycles. The van der Waals surface area contributed by atoms with Crippen LogP contribution < -0.4 is 9.47 Å². The molecular formula is C46H74O2. The minimum absolute atomic E-state index is 0.783. The van der Waals surface area contributed by atoms with Crippen molar-refractivity contribution in [2.45, 2.75) is 194 Å². The molecule has 0 amide bonds. The molecular weight excluding hydrogens is 585 g/mol. The first-order chi connectivity index (χ1) is 23.9. The van der Waals surface area contributed by atoms with E-state index in [2.05, 4.69) is 62.4 Å². The van der Waals surface area contributed by atoms with E-state index in [-0.39, 0.29) is 0 Å². The van der Waals surface area contributed by atoms with Crippen LogP contribution in [0.2, 0.25) is 0 Å². The minimum Gasteiger partial charge on any atom is -0.492 e. The van der Waals surface area contributed by atoms with Crippen molar-refractivity contribution in [1.82, 2.24) is 0 Å². The van der Waals surface area contributed by atoms with Gasteiger partial charge in [0.25, 0.3) is 0 Å². The molecule has 0 aliphatic rings. The van der Waals surface area contributed by atoms with Gasteiger partial charge in [0.1, 0.15) is 11.5 Å². The summed E-state index contributed by atoms with van der Waals surface area (Å²) >= 11 is 0. The molecule has 0 atom stereocenters. The number of ether oxygens (including phenoxy) is 2. The zero-order chi connectivity index (χ0) is 33.7. The number of benzene rings is 3. The van der Waals surface area contributed by atoms with Crippen LogP contribution >= 0.6 is 0 Å². The zero-order valence-corrected chi connectivity index (χ0v) is 31.6. The van der Waals surface area contributed by atoms with Crippen molar-refractivity contribution in [2.75, 3.05) is 13.2 Å². The Balaban J connectivity index is 1.32. The predicted molar refractivity (Wildman–Crippen MR) is 213 cm³/mol. The van der Waals surface area contributed by atoms with E-state index in [0.717, 1.165) is 37.6 Å². The van der Waals surface area contributed by atoms with Crippen molar-refractivity contribution in [3.05, 3.63) is 48.5 Å². The SMILES string of the molecule is CCCCCCCCCCCCCCCCOc1c2ccccc2c(OCCCCCCCCCCCCCCCC)c2ccccc12. The van der Waals surface area contributed by atoms with Crippen LogP contribution in [0.4, 0.5) is 0 Å². The highest BCUT2D eigenvalue weighted by molar-refractivity contribution is 6.11. The zero-order valence-electron chi connectivity index (χ0n) is 31.6. The normalized spacial score (nSPS) is 11.5. The molecule has 0 N–H and O–H groups in total. The quantitative estimate of drug-likeness (QED) is 0.0491. The summed E-state index contributed by atoms with van der Waals surface area (Å²) in [6, 6.07) is 17.4. The molecule has 0 radical (unpaired) electrons. The molecule has 0 aromatic heterocycles. The standard InChI is InChI=1S/C46H74O2/c1-3-5-7-9-11-13-15-17-19-21-23-25-27-33-39-47-45-41-35-29-31-37-43(41)46(44-38-32-30-36-42(44)45)48-40-34-28-26-24-22-20-18-16-14-12-10-8-6-4-2/h29-32,35-38H,3-28,33-34,39-40H2,1-2H3. The van der Waals surface area contributed by atoms with Crippen LogP contribution in [0.25, 0.3) is 21.5 Å². The molecule has 0 aliphatic heterocycles. The highest BCUT2D eigenvalue weighted by atomic mass is 16.5. The maximum Gasteiger partial charge on any atom is 0.135 e. The van der Waals surface area contributed by atoms with Crippen LogP contribution in [0.15, 0.2) is 48.5 Å². The summed E-state index contributed by atoms with van der Waals surface area (Å²) in [6.45, 7) is 6.16. The highest BCUT2D eigenvalue weighted by Gasteiger charge is 2.15. The largest absolute Gasteiger partial charge is 0.492 e. The van der Waals surface area contributed by atoms with E-state index < -0.39 is 0 Å². The molecule has 0 saturated heterocycles. The molecule has 2 nitrogen and oxygen atoms in total. The van der Waals surface area contributed by atoms with E-state index in [1.165, 1.54) is 188 Å². The molecule has 3 aromatic rings. The number of rotatable bonds is 32. The summed E-state index contributed by atoms with van der Waals surface area (Å²) in [5, 5.41) is 4.71. The average molecular weight is 659 g/mol. The lowest BCUT2D eigenvalue weighted by atomic mass is 10.0. The third-order valence-electron chi connectivity index (χ3n) is 10.3. The Morgan fingerprint density at radius 2 is 0.500 bits per heavy atom. The van der Waals surface area contributed by atoms with Gasteiger partial charge in [-0.05, 0) is 12.8 Å². The summed E-state index contributed by atoms with van der Waals surface area (Å²) in [5.41, 5.74) is 0. The molecule has 0 bridgehead atoms. The van der Waals surface area contributed by atoms with E-state index in [0.29, 0.717) is 0 Å². The topological polar surface area (TPSA) is 18.5 Å². The van der Waals surface area contributed by atoms with Crippen LogP contribution in [-0.4, -0.2) is 13.2 Å². The average Bonchev–Trinajstić information content (AvgIpc) is 3.12. The third-order valence-corrected chi connectivity index (χ3v) is 10.3. The van der Waals surface area contributed by atoms with Crippen molar-refractivity contribution in [2.24, 2.45) is 0 Å². The van der Waals surface area contributed by atoms with Crippen molar-refractivity contribution in [3.63, 3.8) is 0 Å². The number of unbranched alkanes of at least 4 members (excludes halogenated alkanes) is 26. The molecule has 0 unspecified atom stereocenters. The maximum atomic E-state index is 6.57. The lowest BCUT2D eigenvalue weighted by Crippen LogP contribution is -2.02. The summed E-state index contributed by atoms with van der Waals surface area (Å²) in [7, 11) is 0. The maximum absolute atomic E-state index is 6.57. The molecule has 0 fully saturated rings. The molecule has 3 aromatic carbocycles.